The minimum Gasteiger partial charge on any atom is -0.506 e. The van der Waals surface area contributed by atoms with Gasteiger partial charge in [-0.15, -0.1) is 0 Å². The highest BCUT2D eigenvalue weighted by Gasteiger charge is 2.10. The van der Waals surface area contributed by atoms with Gasteiger partial charge in [0.1, 0.15) is 5.75 Å². The SMILES string of the molecule is Cc1ncc(CO)c(CNCCn2cccn2)c1O. The van der Waals surface area contributed by atoms with Crippen molar-refractivity contribution in [1.29, 1.82) is 0 Å². The van der Waals surface area contributed by atoms with Gasteiger partial charge in [-0.1, -0.05) is 0 Å². The monoisotopic (exact) mass is 262 g/mol. The molecule has 0 amide bonds. The Kier molecular flexibility index (Phi) is 4.48. The van der Waals surface area contributed by atoms with Crippen molar-refractivity contribution < 1.29 is 10.2 Å². The summed E-state index contributed by atoms with van der Waals surface area (Å²) >= 11 is 0. The normalized spacial score (nSPS) is 10.8. The fraction of sp³-hybridized carbons (Fsp3) is 0.385. The van der Waals surface area contributed by atoms with Gasteiger partial charge in [0.2, 0.25) is 0 Å². The van der Waals surface area contributed by atoms with E-state index in [4.69, 9.17) is 0 Å². The standard InChI is InChI=1S/C13H18N4O2/c1-10-13(19)12(11(9-18)7-15-10)8-14-4-6-17-5-2-3-16-17/h2-3,5,7,14,18-19H,4,6,8-9H2,1H3. The molecule has 0 spiro atoms. The van der Waals surface area contributed by atoms with Gasteiger partial charge >= 0.3 is 0 Å². The number of aliphatic hydroxyl groups is 1. The Hall–Kier alpha value is -1.92. The van der Waals surface area contributed by atoms with Gasteiger partial charge in [0.05, 0.1) is 18.8 Å². The van der Waals surface area contributed by atoms with Crippen LogP contribution in [0.25, 0.3) is 0 Å². The van der Waals surface area contributed by atoms with E-state index in [0.717, 1.165) is 13.1 Å². The number of aromatic nitrogens is 3. The summed E-state index contributed by atoms with van der Waals surface area (Å²) in [5.41, 5.74) is 1.92. The van der Waals surface area contributed by atoms with Gasteiger partial charge in [0.15, 0.2) is 0 Å². The molecule has 6 heteroatoms. The first kappa shape index (κ1) is 13.5. The van der Waals surface area contributed by atoms with Crippen molar-refractivity contribution in [2.45, 2.75) is 26.6 Å². The first-order chi connectivity index (χ1) is 9.22. The van der Waals surface area contributed by atoms with Gasteiger partial charge < -0.3 is 15.5 Å². The van der Waals surface area contributed by atoms with E-state index in [-0.39, 0.29) is 12.4 Å². The fourth-order valence-corrected chi connectivity index (χ4v) is 1.86. The van der Waals surface area contributed by atoms with Crippen LogP contribution >= 0.6 is 0 Å². The van der Waals surface area contributed by atoms with Crippen molar-refractivity contribution >= 4 is 0 Å². The molecule has 0 atom stereocenters. The molecule has 2 aromatic heterocycles. The second-order valence-electron chi connectivity index (χ2n) is 4.30. The molecule has 0 aliphatic rings. The molecule has 19 heavy (non-hydrogen) atoms. The zero-order valence-electron chi connectivity index (χ0n) is 10.9. The Bertz CT molecular complexity index is 526. The Labute approximate surface area is 111 Å². The van der Waals surface area contributed by atoms with Crippen molar-refractivity contribution in [1.82, 2.24) is 20.1 Å². The lowest BCUT2D eigenvalue weighted by Gasteiger charge is -2.12. The topological polar surface area (TPSA) is 83.2 Å². The molecule has 0 aliphatic carbocycles. The smallest absolute Gasteiger partial charge is 0.141 e. The van der Waals surface area contributed by atoms with Gasteiger partial charge in [-0.25, -0.2) is 0 Å². The van der Waals surface area contributed by atoms with E-state index in [9.17, 15) is 10.2 Å². The molecule has 2 aromatic rings. The first-order valence-corrected chi connectivity index (χ1v) is 6.17. The molecular formula is C13H18N4O2. The van der Waals surface area contributed by atoms with Crippen LogP contribution in [0.3, 0.4) is 0 Å². The number of nitrogens with zero attached hydrogens (tertiary/aromatic N) is 3. The molecule has 6 nitrogen and oxygen atoms in total. The van der Waals surface area contributed by atoms with Crippen LogP contribution in [0.15, 0.2) is 24.7 Å². The summed E-state index contributed by atoms with van der Waals surface area (Å²) < 4.78 is 1.83. The maximum Gasteiger partial charge on any atom is 0.141 e. The largest absolute Gasteiger partial charge is 0.506 e. The van der Waals surface area contributed by atoms with Crippen LogP contribution in [0.5, 0.6) is 5.75 Å². The third-order valence-electron chi connectivity index (χ3n) is 2.98. The zero-order valence-corrected chi connectivity index (χ0v) is 10.9. The summed E-state index contributed by atoms with van der Waals surface area (Å²) in [6.45, 7) is 3.59. The molecule has 0 aromatic carbocycles. The Morgan fingerprint density at radius 3 is 2.95 bits per heavy atom. The molecule has 102 valence electrons. The van der Waals surface area contributed by atoms with E-state index >= 15 is 0 Å². The quantitative estimate of drug-likeness (QED) is 0.663. The minimum absolute atomic E-state index is 0.128. The Morgan fingerprint density at radius 1 is 1.42 bits per heavy atom. The predicted molar refractivity (Wildman–Crippen MR) is 70.5 cm³/mol. The lowest BCUT2D eigenvalue weighted by molar-refractivity contribution is 0.278. The number of pyridine rings is 1. The minimum atomic E-state index is -0.128. The highest BCUT2D eigenvalue weighted by atomic mass is 16.3. The molecule has 3 N–H and O–H groups in total. The number of rotatable bonds is 6. The van der Waals surface area contributed by atoms with Gasteiger partial charge in [0.25, 0.3) is 0 Å². The summed E-state index contributed by atoms with van der Waals surface area (Å²) in [6, 6.07) is 1.88. The predicted octanol–water partition coefficient (Wildman–Crippen LogP) is 0.574. The molecule has 0 saturated heterocycles. The summed E-state index contributed by atoms with van der Waals surface area (Å²) in [7, 11) is 0. The third kappa shape index (κ3) is 3.30. The third-order valence-corrected chi connectivity index (χ3v) is 2.98. The van der Waals surface area contributed by atoms with Crippen molar-refractivity contribution in [2.24, 2.45) is 0 Å². The number of aliphatic hydroxyl groups excluding tert-OH is 1. The van der Waals surface area contributed by atoms with E-state index in [2.05, 4.69) is 15.4 Å². The number of hydrogen-bond donors (Lipinski definition) is 3. The average Bonchev–Trinajstić information content (AvgIpc) is 2.92. The summed E-state index contributed by atoms with van der Waals surface area (Å²) in [6.07, 6.45) is 5.23. The molecule has 0 fully saturated rings. The maximum atomic E-state index is 9.96. The highest BCUT2D eigenvalue weighted by molar-refractivity contribution is 5.40. The van der Waals surface area contributed by atoms with Crippen LogP contribution in [-0.2, 0) is 19.7 Å². The second kappa shape index (κ2) is 6.31. The summed E-state index contributed by atoms with van der Waals surface area (Å²) in [5.74, 6) is 0.151. The van der Waals surface area contributed by atoms with E-state index in [1.54, 1.807) is 19.3 Å². The average molecular weight is 262 g/mol. The van der Waals surface area contributed by atoms with Gasteiger partial charge in [0, 0.05) is 42.8 Å². The molecule has 0 bridgehead atoms. The van der Waals surface area contributed by atoms with Gasteiger partial charge in [-0.05, 0) is 13.0 Å². The van der Waals surface area contributed by atoms with E-state index < -0.39 is 0 Å². The van der Waals surface area contributed by atoms with Crippen LogP contribution in [0.2, 0.25) is 0 Å². The number of hydrogen-bond acceptors (Lipinski definition) is 5. The molecule has 2 heterocycles. The summed E-state index contributed by atoms with van der Waals surface area (Å²) in [4.78, 5) is 4.03. The van der Waals surface area contributed by atoms with Crippen molar-refractivity contribution in [2.75, 3.05) is 6.54 Å². The van der Waals surface area contributed by atoms with E-state index in [1.807, 2.05) is 16.9 Å². The molecule has 2 rings (SSSR count). The Balaban J connectivity index is 1.93. The molecular weight excluding hydrogens is 244 g/mol. The molecule has 0 radical (unpaired) electrons. The lowest BCUT2D eigenvalue weighted by Crippen LogP contribution is -2.20. The van der Waals surface area contributed by atoms with Crippen molar-refractivity contribution in [3.63, 3.8) is 0 Å². The lowest BCUT2D eigenvalue weighted by atomic mass is 10.1. The van der Waals surface area contributed by atoms with Crippen LogP contribution in [0.4, 0.5) is 0 Å². The number of aryl methyl sites for hydroxylation is 1. The van der Waals surface area contributed by atoms with Gasteiger partial charge in [-0.2, -0.15) is 5.10 Å². The van der Waals surface area contributed by atoms with Gasteiger partial charge in [-0.3, -0.25) is 9.67 Å². The Morgan fingerprint density at radius 2 is 2.26 bits per heavy atom. The maximum absolute atomic E-state index is 9.96. The molecule has 0 saturated carbocycles. The van der Waals surface area contributed by atoms with Crippen LogP contribution in [-0.4, -0.2) is 31.5 Å². The van der Waals surface area contributed by atoms with Crippen LogP contribution in [0, 0.1) is 6.92 Å². The highest BCUT2D eigenvalue weighted by Crippen LogP contribution is 2.23. The summed E-state index contributed by atoms with van der Waals surface area (Å²) in [5, 5.41) is 26.5. The molecule has 0 aliphatic heterocycles. The number of aromatic hydroxyl groups is 1. The van der Waals surface area contributed by atoms with Crippen molar-refractivity contribution in [3.05, 3.63) is 41.5 Å². The second-order valence-corrected chi connectivity index (χ2v) is 4.30. The van der Waals surface area contributed by atoms with E-state index in [0.29, 0.717) is 23.4 Å². The number of nitrogens with one attached hydrogen (secondary N) is 1. The van der Waals surface area contributed by atoms with E-state index in [1.165, 1.54) is 0 Å². The molecule has 0 unspecified atom stereocenters. The van der Waals surface area contributed by atoms with Crippen LogP contribution in [0.1, 0.15) is 16.8 Å². The van der Waals surface area contributed by atoms with Crippen LogP contribution < -0.4 is 5.32 Å². The van der Waals surface area contributed by atoms with Crippen molar-refractivity contribution in [3.8, 4) is 5.75 Å². The first-order valence-electron chi connectivity index (χ1n) is 6.17. The fourth-order valence-electron chi connectivity index (χ4n) is 1.86. The zero-order chi connectivity index (χ0) is 13.7.